The molecule has 0 aromatic rings. The predicted molar refractivity (Wildman–Crippen MR) is 69.9 cm³/mol. The van der Waals surface area contributed by atoms with Crippen molar-refractivity contribution in [3.8, 4) is 6.07 Å². The maximum absolute atomic E-state index is 11.9. The Hall–Kier alpha value is -1.24. The monoisotopic (exact) mass is 249 g/mol. The fraction of sp³-hybridized carbons (Fsp3) is 0.857. The van der Waals surface area contributed by atoms with Gasteiger partial charge in [0.2, 0.25) is 0 Å². The summed E-state index contributed by atoms with van der Waals surface area (Å²) in [4.78, 5) is 11.9. The normalized spacial score (nSPS) is 32.1. The smallest absolute Gasteiger partial charge is 0.316 e. The van der Waals surface area contributed by atoms with Crippen LogP contribution >= 0.6 is 0 Å². The predicted octanol–water partition coefficient (Wildman–Crippen LogP) is 2.70. The molecule has 0 spiro atoms. The standard InChI is InChI=1S/C14H23N3O/c1-2-11-6-8-14(10-15,9-7-11)17-13(18)16-12-4-3-5-12/h11-12H,2-9H2,1H3,(H2,16,17,18). The van der Waals surface area contributed by atoms with Gasteiger partial charge in [0.25, 0.3) is 0 Å². The highest BCUT2D eigenvalue weighted by molar-refractivity contribution is 5.75. The second-order valence-corrected chi connectivity index (χ2v) is 5.77. The van der Waals surface area contributed by atoms with Crippen molar-refractivity contribution in [2.75, 3.05) is 0 Å². The molecule has 2 amide bonds. The quantitative estimate of drug-likeness (QED) is 0.807. The molecule has 2 rings (SSSR count). The zero-order chi connectivity index (χ0) is 13.0. The molecule has 0 atom stereocenters. The van der Waals surface area contributed by atoms with Gasteiger partial charge in [0.1, 0.15) is 5.54 Å². The first kappa shape index (κ1) is 13.2. The van der Waals surface area contributed by atoms with E-state index in [0.29, 0.717) is 6.04 Å². The van der Waals surface area contributed by atoms with E-state index < -0.39 is 5.54 Å². The number of carbonyl (C=O) groups is 1. The first-order valence-corrected chi connectivity index (χ1v) is 7.17. The number of hydrogen-bond acceptors (Lipinski definition) is 2. The van der Waals surface area contributed by atoms with E-state index in [4.69, 9.17) is 0 Å². The van der Waals surface area contributed by atoms with Crippen LogP contribution < -0.4 is 10.6 Å². The second kappa shape index (κ2) is 5.60. The molecule has 0 heterocycles. The van der Waals surface area contributed by atoms with Crippen LogP contribution in [0.25, 0.3) is 0 Å². The summed E-state index contributed by atoms with van der Waals surface area (Å²) >= 11 is 0. The van der Waals surface area contributed by atoms with Crippen LogP contribution in [0.15, 0.2) is 0 Å². The minimum Gasteiger partial charge on any atom is -0.335 e. The molecule has 0 radical (unpaired) electrons. The molecule has 4 heteroatoms. The molecule has 0 aromatic heterocycles. The fourth-order valence-corrected chi connectivity index (χ4v) is 2.83. The fourth-order valence-electron chi connectivity index (χ4n) is 2.83. The lowest BCUT2D eigenvalue weighted by atomic mass is 9.76. The van der Waals surface area contributed by atoms with Crippen molar-refractivity contribution in [2.24, 2.45) is 5.92 Å². The van der Waals surface area contributed by atoms with Gasteiger partial charge in [-0.1, -0.05) is 13.3 Å². The van der Waals surface area contributed by atoms with E-state index in [1.807, 2.05) is 0 Å². The molecule has 2 N–H and O–H groups in total. The van der Waals surface area contributed by atoms with Crippen molar-refractivity contribution in [3.05, 3.63) is 0 Å². The zero-order valence-corrected chi connectivity index (χ0v) is 11.2. The van der Waals surface area contributed by atoms with E-state index >= 15 is 0 Å². The number of urea groups is 1. The van der Waals surface area contributed by atoms with Crippen LogP contribution in [-0.2, 0) is 0 Å². The van der Waals surface area contributed by atoms with E-state index in [1.54, 1.807) is 0 Å². The summed E-state index contributed by atoms with van der Waals surface area (Å²) < 4.78 is 0. The third-order valence-corrected chi connectivity index (χ3v) is 4.54. The average Bonchev–Trinajstić information content (AvgIpc) is 2.35. The van der Waals surface area contributed by atoms with Crippen LogP contribution in [0.5, 0.6) is 0 Å². The topological polar surface area (TPSA) is 64.9 Å². The molecule has 100 valence electrons. The zero-order valence-electron chi connectivity index (χ0n) is 11.2. The molecular weight excluding hydrogens is 226 g/mol. The van der Waals surface area contributed by atoms with E-state index in [9.17, 15) is 10.1 Å². The summed E-state index contributed by atoms with van der Waals surface area (Å²) in [7, 11) is 0. The van der Waals surface area contributed by atoms with Crippen molar-refractivity contribution >= 4 is 6.03 Å². The van der Waals surface area contributed by atoms with E-state index in [0.717, 1.165) is 44.4 Å². The lowest BCUT2D eigenvalue weighted by Crippen LogP contribution is -2.55. The SMILES string of the molecule is CCC1CCC(C#N)(NC(=O)NC2CCC2)CC1. The minimum atomic E-state index is -0.625. The molecule has 0 saturated heterocycles. The Morgan fingerprint density at radius 2 is 2.00 bits per heavy atom. The number of rotatable bonds is 3. The van der Waals surface area contributed by atoms with Gasteiger partial charge in [0.05, 0.1) is 6.07 Å². The van der Waals surface area contributed by atoms with Gasteiger partial charge in [-0.15, -0.1) is 0 Å². The van der Waals surface area contributed by atoms with E-state index in [-0.39, 0.29) is 6.03 Å². The van der Waals surface area contributed by atoms with Gasteiger partial charge in [-0.2, -0.15) is 5.26 Å². The highest BCUT2D eigenvalue weighted by atomic mass is 16.2. The molecule has 18 heavy (non-hydrogen) atoms. The molecule has 4 nitrogen and oxygen atoms in total. The van der Waals surface area contributed by atoms with E-state index in [2.05, 4.69) is 23.6 Å². The molecule has 2 fully saturated rings. The second-order valence-electron chi connectivity index (χ2n) is 5.77. The summed E-state index contributed by atoms with van der Waals surface area (Å²) in [5, 5.41) is 15.2. The number of carbonyl (C=O) groups excluding carboxylic acids is 1. The largest absolute Gasteiger partial charge is 0.335 e. The molecule has 0 unspecified atom stereocenters. The first-order chi connectivity index (χ1) is 8.67. The Labute approximate surface area is 109 Å². The Morgan fingerprint density at radius 1 is 1.33 bits per heavy atom. The maximum Gasteiger partial charge on any atom is 0.316 e. The van der Waals surface area contributed by atoms with Gasteiger partial charge in [-0.3, -0.25) is 0 Å². The van der Waals surface area contributed by atoms with Crippen LogP contribution in [0.3, 0.4) is 0 Å². The molecule has 0 bridgehead atoms. The van der Waals surface area contributed by atoms with Crippen LogP contribution in [0, 0.1) is 17.2 Å². The molecule has 2 aliphatic carbocycles. The van der Waals surface area contributed by atoms with Crippen LogP contribution in [0.2, 0.25) is 0 Å². The minimum absolute atomic E-state index is 0.156. The van der Waals surface area contributed by atoms with Gasteiger partial charge in [0.15, 0.2) is 0 Å². The lowest BCUT2D eigenvalue weighted by molar-refractivity contribution is 0.199. The van der Waals surface area contributed by atoms with Crippen molar-refractivity contribution in [2.45, 2.75) is 69.9 Å². The Bertz CT molecular complexity index is 335. The van der Waals surface area contributed by atoms with Gasteiger partial charge in [0, 0.05) is 6.04 Å². The van der Waals surface area contributed by atoms with Crippen LogP contribution in [0.1, 0.15) is 58.3 Å². The summed E-state index contributed by atoms with van der Waals surface area (Å²) in [5.74, 6) is 0.725. The number of amides is 2. The lowest BCUT2D eigenvalue weighted by Gasteiger charge is -2.36. The van der Waals surface area contributed by atoms with Crippen LogP contribution in [0.4, 0.5) is 4.79 Å². The summed E-state index contributed by atoms with van der Waals surface area (Å²) in [6.07, 6.45) is 8.21. The number of nitriles is 1. The Morgan fingerprint density at radius 3 is 2.44 bits per heavy atom. The summed E-state index contributed by atoms with van der Waals surface area (Å²) in [5.41, 5.74) is -0.625. The molecule has 0 aliphatic heterocycles. The van der Waals surface area contributed by atoms with E-state index in [1.165, 1.54) is 12.8 Å². The summed E-state index contributed by atoms with van der Waals surface area (Å²) in [6, 6.07) is 2.50. The third-order valence-electron chi connectivity index (χ3n) is 4.54. The van der Waals surface area contributed by atoms with Gasteiger partial charge in [-0.25, -0.2) is 4.79 Å². The van der Waals surface area contributed by atoms with Crippen molar-refractivity contribution in [1.29, 1.82) is 5.26 Å². The number of nitrogens with zero attached hydrogens (tertiary/aromatic N) is 1. The Kier molecular flexibility index (Phi) is 4.11. The molecule has 2 aliphatic rings. The molecular formula is C14H23N3O. The van der Waals surface area contributed by atoms with Gasteiger partial charge < -0.3 is 10.6 Å². The van der Waals surface area contributed by atoms with Crippen LogP contribution in [-0.4, -0.2) is 17.6 Å². The Balaban J connectivity index is 1.84. The van der Waals surface area contributed by atoms with Crippen molar-refractivity contribution < 1.29 is 4.79 Å². The highest BCUT2D eigenvalue weighted by Gasteiger charge is 2.36. The number of nitrogens with one attached hydrogen (secondary N) is 2. The average molecular weight is 249 g/mol. The van der Waals surface area contributed by atoms with Gasteiger partial charge >= 0.3 is 6.03 Å². The maximum atomic E-state index is 11.9. The molecule has 0 aromatic carbocycles. The summed E-state index contributed by atoms with van der Waals surface area (Å²) in [6.45, 7) is 2.20. The third kappa shape index (κ3) is 2.95. The van der Waals surface area contributed by atoms with Crippen molar-refractivity contribution in [3.63, 3.8) is 0 Å². The highest BCUT2D eigenvalue weighted by Crippen LogP contribution is 2.33. The molecule has 2 saturated carbocycles. The first-order valence-electron chi connectivity index (χ1n) is 7.17. The number of hydrogen-bond donors (Lipinski definition) is 2. The van der Waals surface area contributed by atoms with Crippen molar-refractivity contribution in [1.82, 2.24) is 10.6 Å². The van der Waals surface area contributed by atoms with Gasteiger partial charge in [-0.05, 0) is 50.9 Å².